The lowest BCUT2D eigenvalue weighted by molar-refractivity contribution is -0.141. The number of rotatable bonds is 5. The summed E-state index contributed by atoms with van der Waals surface area (Å²) < 4.78 is 4.73. The molecule has 0 bridgehead atoms. The molecule has 4 nitrogen and oxygen atoms in total. The van der Waals surface area contributed by atoms with Crippen molar-refractivity contribution >= 4 is 23.3 Å². The largest absolute Gasteiger partial charge is 0.465 e. The van der Waals surface area contributed by atoms with Gasteiger partial charge in [-0.2, -0.15) is 0 Å². The van der Waals surface area contributed by atoms with Crippen LogP contribution in [0.1, 0.15) is 20.8 Å². The molecule has 86 valence electrons. The van der Waals surface area contributed by atoms with Gasteiger partial charge < -0.3 is 15.4 Å². The normalized spacial score (nSPS) is 9.00. The van der Waals surface area contributed by atoms with E-state index in [2.05, 4.69) is 10.6 Å². The van der Waals surface area contributed by atoms with Gasteiger partial charge in [-0.15, -0.1) is 0 Å². The summed E-state index contributed by atoms with van der Waals surface area (Å²) in [5.74, 6) is -0.302. The van der Waals surface area contributed by atoms with Crippen molar-refractivity contribution in [3.8, 4) is 0 Å². The molecule has 0 amide bonds. The molecule has 0 spiro atoms. The fraction of sp³-hybridized carbons (Fsp3) is 0.600. The molecule has 0 fully saturated rings. The quantitative estimate of drug-likeness (QED) is 0.419. The Morgan fingerprint density at radius 1 is 1.40 bits per heavy atom. The van der Waals surface area contributed by atoms with Gasteiger partial charge in [-0.25, -0.2) is 0 Å². The van der Waals surface area contributed by atoms with E-state index >= 15 is 0 Å². The first kappa shape index (κ1) is 13.9. The Hall–Kier alpha value is -1.10. The predicted molar refractivity (Wildman–Crippen MR) is 64.7 cm³/mol. The van der Waals surface area contributed by atoms with Crippen LogP contribution in [-0.4, -0.2) is 30.8 Å². The van der Waals surface area contributed by atoms with Crippen molar-refractivity contribution in [3.63, 3.8) is 0 Å². The number of carbonyl (C=O) groups is 1. The standard InChI is InChI=1S/C10H18N2O2S/c1-4-14-9(13)7-12-10(15)11-6-5-8(2)3/h5H,4,6-7H2,1-3H3,(H2,11,12,15). The average molecular weight is 230 g/mol. The minimum absolute atomic E-state index is 0.106. The highest BCUT2D eigenvalue weighted by Crippen LogP contribution is 1.85. The van der Waals surface area contributed by atoms with Crippen LogP contribution in [0, 0.1) is 0 Å². The maximum absolute atomic E-state index is 10.9. The van der Waals surface area contributed by atoms with Crippen LogP contribution in [0.2, 0.25) is 0 Å². The monoisotopic (exact) mass is 230 g/mol. The Morgan fingerprint density at radius 3 is 2.60 bits per heavy atom. The summed E-state index contributed by atoms with van der Waals surface area (Å²) in [6, 6.07) is 0. The zero-order chi connectivity index (χ0) is 11.7. The molecule has 0 rings (SSSR count). The fourth-order valence-electron chi connectivity index (χ4n) is 0.775. The minimum Gasteiger partial charge on any atom is -0.465 e. The van der Waals surface area contributed by atoms with E-state index in [0.29, 0.717) is 18.3 Å². The Bertz CT molecular complexity index is 248. The van der Waals surface area contributed by atoms with E-state index in [1.807, 2.05) is 19.9 Å². The van der Waals surface area contributed by atoms with Gasteiger partial charge in [0.2, 0.25) is 0 Å². The summed E-state index contributed by atoms with van der Waals surface area (Å²) in [7, 11) is 0. The highest BCUT2D eigenvalue weighted by atomic mass is 32.1. The van der Waals surface area contributed by atoms with E-state index in [-0.39, 0.29) is 12.5 Å². The van der Waals surface area contributed by atoms with Crippen molar-refractivity contribution < 1.29 is 9.53 Å². The molecule has 0 aromatic heterocycles. The van der Waals surface area contributed by atoms with Crippen LogP contribution in [0.5, 0.6) is 0 Å². The van der Waals surface area contributed by atoms with Crippen molar-refractivity contribution in [2.75, 3.05) is 19.7 Å². The Labute approximate surface area is 96.1 Å². The first-order valence-electron chi connectivity index (χ1n) is 4.87. The van der Waals surface area contributed by atoms with E-state index in [1.165, 1.54) is 5.57 Å². The van der Waals surface area contributed by atoms with E-state index in [1.54, 1.807) is 6.92 Å². The van der Waals surface area contributed by atoms with E-state index in [4.69, 9.17) is 17.0 Å². The third kappa shape index (κ3) is 9.21. The van der Waals surface area contributed by atoms with Gasteiger partial charge in [0, 0.05) is 6.54 Å². The average Bonchev–Trinajstić information content (AvgIpc) is 2.14. The van der Waals surface area contributed by atoms with Crippen LogP contribution in [0.15, 0.2) is 11.6 Å². The molecule has 0 saturated heterocycles. The zero-order valence-corrected chi connectivity index (χ0v) is 10.2. The maximum atomic E-state index is 10.9. The smallest absolute Gasteiger partial charge is 0.325 e. The molecular weight excluding hydrogens is 212 g/mol. The van der Waals surface area contributed by atoms with Crippen LogP contribution < -0.4 is 10.6 Å². The van der Waals surface area contributed by atoms with E-state index < -0.39 is 0 Å². The molecule has 0 atom stereocenters. The van der Waals surface area contributed by atoms with Gasteiger partial charge in [-0.3, -0.25) is 4.79 Å². The third-order valence-corrected chi connectivity index (χ3v) is 1.76. The molecule has 0 aliphatic carbocycles. The highest BCUT2D eigenvalue weighted by molar-refractivity contribution is 7.80. The fourth-order valence-corrected chi connectivity index (χ4v) is 0.930. The lowest BCUT2D eigenvalue weighted by atomic mass is 10.3. The summed E-state index contributed by atoms with van der Waals surface area (Å²) in [4.78, 5) is 10.9. The molecule has 2 N–H and O–H groups in total. The van der Waals surface area contributed by atoms with Crippen molar-refractivity contribution in [2.45, 2.75) is 20.8 Å². The highest BCUT2D eigenvalue weighted by Gasteiger charge is 2.01. The summed E-state index contributed by atoms with van der Waals surface area (Å²) >= 11 is 4.95. The first-order valence-corrected chi connectivity index (χ1v) is 5.27. The van der Waals surface area contributed by atoms with Crippen molar-refractivity contribution in [3.05, 3.63) is 11.6 Å². The number of esters is 1. The minimum atomic E-state index is -0.302. The summed E-state index contributed by atoms with van der Waals surface area (Å²) in [6.45, 7) is 6.95. The van der Waals surface area contributed by atoms with Crippen molar-refractivity contribution in [1.29, 1.82) is 0 Å². The van der Waals surface area contributed by atoms with E-state index in [9.17, 15) is 4.79 Å². The second kappa shape index (κ2) is 8.23. The van der Waals surface area contributed by atoms with Gasteiger partial charge in [0.05, 0.1) is 6.61 Å². The number of hydrogen-bond donors (Lipinski definition) is 2. The van der Waals surface area contributed by atoms with Crippen LogP contribution >= 0.6 is 12.2 Å². The zero-order valence-electron chi connectivity index (χ0n) is 9.42. The van der Waals surface area contributed by atoms with Gasteiger partial charge in [0.25, 0.3) is 0 Å². The molecule has 0 radical (unpaired) electrons. The molecular formula is C10H18N2O2S. The van der Waals surface area contributed by atoms with Gasteiger partial charge >= 0.3 is 5.97 Å². The number of nitrogens with one attached hydrogen (secondary N) is 2. The van der Waals surface area contributed by atoms with E-state index in [0.717, 1.165) is 0 Å². The molecule has 5 heteroatoms. The molecule has 15 heavy (non-hydrogen) atoms. The maximum Gasteiger partial charge on any atom is 0.325 e. The first-order chi connectivity index (χ1) is 7.06. The van der Waals surface area contributed by atoms with Gasteiger partial charge in [-0.05, 0) is 33.0 Å². The molecule has 0 aliphatic heterocycles. The number of carbonyl (C=O) groups excluding carboxylic acids is 1. The molecule has 0 aliphatic rings. The van der Waals surface area contributed by atoms with Gasteiger partial charge in [0.15, 0.2) is 5.11 Å². The summed E-state index contributed by atoms with van der Waals surface area (Å²) in [5, 5.41) is 6.16. The lowest BCUT2D eigenvalue weighted by Crippen LogP contribution is -2.38. The Morgan fingerprint density at radius 2 is 2.07 bits per heavy atom. The number of hydrogen-bond acceptors (Lipinski definition) is 3. The molecule has 0 saturated carbocycles. The van der Waals surface area contributed by atoms with Gasteiger partial charge in [0.1, 0.15) is 6.54 Å². The second-order valence-electron chi connectivity index (χ2n) is 3.15. The second-order valence-corrected chi connectivity index (χ2v) is 3.56. The SMILES string of the molecule is CCOC(=O)CNC(=S)NCC=C(C)C. The van der Waals surface area contributed by atoms with Gasteiger partial charge in [-0.1, -0.05) is 11.6 Å². The third-order valence-electron chi connectivity index (χ3n) is 1.47. The summed E-state index contributed by atoms with van der Waals surface area (Å²) in [5.41, 5.74) is 1.22. The number of allylic oxidation sites excluding steroid dienone is 1. The molecule has 0 aromatic carbocycles. The number of thiocarbonyl (C=S) groups is 1. The molecule has 0 heterocycles. The Balaban J connectivity index is 3.58. The predicted octanol–water partition coefficient (Wildman–Crippen LogP) is 0.980. The molecule has 0 aromatic rings. The van der Waals surface area contributed by atoms with Crippen LogP contribution in [0.4, 0.5) is 0 Å². The number of ether oxygens (including phenoxy) is 1. The Kier molecular flexibility index (Phi) is 7.62. The van der Waals surface area contributed by atoms with Crippen LogP contribution in [0.3, 0.4) is 0 Å². The van der Waals surface area contributed by atoms with Crippen molar-refractivity contribution in [2.24, 2.45) is 0 Å². The van der Waals surface area contributed by atoms with Crippen LogP contribution in [-0.2, 0) is 9.53 Å². The van der Waals surface area contributed by atoms with Crippen LogP contribution in [0.25, 0.3) is 0 Å². The molecule has 0 unspecified atom stereocenters. The van der Waals surface area contributed by atoms with Crippen molar-refractivity contribution in [1.82, 2.24) is 10.6 Å². The topological polar surface area (TPSA) is 50.4 Å². The lowest BCUT2D eigenvalue weighted by Gasteiger charge is -2.08. The summed E-state index contributed by atoms with van der Waals surface area (Å²) in [6.07, 6.45) is 2.01.